The number of pyridine rings is 1. The Morgan fingerprint density at radius 1 is 1.47 bits per heavy atom. The highest BCUT2D eigenvalue weighted by molar-refractivity contribution is 5.67. The second-order valence-electron chi connectivity index (χ2n) is 3.05. The van der Waals surface area contributed by atoms with Crippen LogP contribution in [0.5, 0.6) is 0 Å². The lowest BCUT2D eigenvalue weighted by Gasteiger charge is -2.15. The maximum atomic E-state index is 12.7. The van der Waals surface area contributed by atoms with Gasteiger partial charge in [-0.1, -0.05) is 0 Å². The molecule has 5 nitrogen and oxygen atoms in total. The first-order valence-electron chi connectivity index (χ1n) is 4.19. The van der Waals surface area contributed by atoms with Crippen LogP contribution in [0.1, 0.15) is 18.1 Å². The molecule has 2 unspecified atom stereocenters. The molecule has 0 aromatic carbocycles. The average Bonchev–Trinajstić information content (AvgIpc) is 2.15. The molecule has 0 aliphatic rings. The van der Waals surface area contributed by atoms with Crippen LogP contribution in [0.2, 0.25) is 0 Å². The van der Waals surface area contributed by atoms with E-state index in [0.29, 0.717) is 0 Å². The summed E-state index contributed by atoms with van der Waals surface area (Å²) >= 11 is 0. The molecule has 1 aromatic heterocycles. The van der Waals surface area contributed by atoms with Crippen molar-refractivity contribution in [3.63, 3.8) is 0 Å². The molecule has 0 radical (unpaired) electrons. The Bertz CT molecular complexity index is 358. The van der Waals surface area contributed by atoms with Crippen molar-refractivity contribution < 1.29 is 24.5 Å². The van der Waals surface area contributed by atoms with Gasteiger partial charge in [-0.15, -0.1) is 0 Å². The van der Waals surface area contributed by atoms with Crippen molar-refractivity contribution in [2.75, 3.05) is 0 Å². The fourth-order valence-electron chi connectivity index (χ4n) is 1.10. The molecular formula is C9H10FNO4. The number of carboxylic acids is 1. The van der Waals surface area contributed by atoms with Gasteiger partial charge in [-0.3, -0.25) is 9.78 Å². The predicted octanol–water partition coefficient (Wildman–Crippen LogP) is 0.0897. The number of halogens is 1. The average molecular weight is 215 g/mol. The lowest BCUT2D eigenvalue weighted by molar-refractivity contribution is -0.141. The minimum absolute atomic E-state index is 0.0451. The number of aliphatic carboxylic acids is 1. The first kappa shape index (κ1) is 11.5. The molecule has 1 heterocycles. The Kier molecular flexibility index (Phi) is 3.70. The van der Waals surface area contributed by atoms with Gasteiger partial charge in [0.05, 0.1) is 18.7 Å². The lowest BCUT2D eigenvalue weighted by atomic mass is 10.0. The van der Waals surface area contributed by atoms with E-state index < -0.39 is 30.4 Å². The number of aliphatic hydroxyl groups is 2. The number of aromatic nitrogens is 1. The predicted molar refractivity (Wildman–Crippen MR) is 47.4 cm³/mol. The number of carbonyl (C=O) groups is 1. The summed E-state index contributed by atoms with van der Waals surface area (Å²) < 4.78 is 12.7. The van der Waals surface area contributed by atoms with E-state index in [-0.39, 0.29) is 5.56 Å². The molecule has 15 heavy (non-hydrogen) atoms. The standard InChI is InChI=1S/C9H10FNO4/c10-6-1-5(3-11-4-6)9(15)7(12)2-8(13)14/h1,3-4,7,9,12,15H,2H2,(H,13,14). The number of carboxylic acid groups (broad SMARTS) is 1. The maximum absolute atomic E-state index is 12.7. The van der Waals surface area contributed by atoms with Gasteiger partial charge in [0.1, 0.15) is 11.9 Å². The summed E-state index contributed by atoms with van der Waals surface area (Å²) in [6, 6.07) is 0.989. The van der Waals surface area contributed by atoms with Crippen LogP contribution in [0.4, 0.5) is 4.39 Å². The lowest BCUT2D eigenvalue weighted by Crippen LogP contribution is -2.21. The first-order chi connectivity index (χ1) is 7.00. The molecule has 0 bridgehead atoms. The van der Waals surface area contributed by atoms with Crippen molar-refractivity contribution in [1.82, 2.24) is 4.98 Å². The zero-order valence-corrected chi connectivity index (χ0v) is 7.67. The number of rotatable bonds is 4. The SMILES string of the molecule is O=C(O)CC(O)C(O)c1cncc(F)c1. The monoisotopic (exact) mass is 215 g/mol. The summed E-state index contributed by atoms with van der Waals surface area (Å²) in [5, 5.41) is 27.1. The normalized spacial score (nSPS) is 14.6. The van der Waals surface area contributed by atoms with E-state index in [4.69, 9.17) is 5.11 Å². The molecule has 0 saturated carbocycles. The number of hydrogen-bond acceptors (Lipinski definition) is 4. The molecule has 0 spiro atoms. The summed E-state index contributed by atoms with van der Waals surface area (Å²) in [5.41, 5.74) is 0.0451. The van der Waals surface area contributed by atoms with Crippen LogP contribution in [0.15, 0.2) is 18.5 Å². The quantitative estimate of drug-likeness (QED) is 0.662. The maximum Gasteiger partial charge on any atom is 0.306 e. The van der Waals surface area contributed by atoms with Gasteiger partial charge in [-0.25, -0.2) is 4.39 Å². The van der Waals surface area contributed by atoms with E-state index in [1.807, 2.05) is 0 Å². The number of aliphatic hydroxyl groups excluding tert-OH is 2. The van der Waals surface area contributed by atoms with Gasteiger partial charge in [-0.05, 0) is 6.07 Å². The third-order valence-electron chi connectivity index (χ3n) is 1.82. The summed E-state index contributed by atoms with van der Waals surface area (Å²) in [7, 11) is 0. The summed E-state index contributed by atoms with van der Waals surface area (Å²) in [6.45, 7) is 0. The highest BCUT2D eigenvalue weighted by atomic mass is 19.1. The molecule has 3 N–H and O–H groups in total. The topological polar surface area (TPSA) is 90.7 Å². The highest BCUT2D eigenvalue weighted by Gasteiger charge is 2.21. The summed E-state index contributed by atoms with van der Waals surface area (Å²) in [4.78, 5) is 13.7. The van der Waals surface area contributed by atoms with E-state index in [9.17, 15) is 19.4 Å². The van der Waals surface area contributed by atoms with E-state index in [1.165, 1.54) is 6.20 Å². The largest absolute Gasteiger partial charge is 0.481 e. The third-order valence-corrected chi connectivity index (χ3v) is 1.82. The molecule has 2 atom stereocenters. The van der Waals surface area contributed by atoms with Crippen LogP contribution < -0.4 is 0 Å². The van der Waals surface area contributed by atoms with E-state index in [1.54, 1.807) is 0 Å². The summed E-state index contributed by atoms with van der Waals surface area (Å²) in [6.07, 6.45) is -1.44. The van der Waals surface area contributed by atoms with E-state index in [0.717, 1.165) is 12.3 Å². The zero-order valence-electron chi connectivity index (χ0n) is 7.67. The molecule has 82 valence electrons. The molecule has 0 amide bonds. The Labute approximate surface area is 84.8 Å². The van der Waals surface area contributed by atoms with E-state index in [2.05, 4.69) is 4.98 Å². The van der Waals surface area contributed by atoms with Crippen molar-refractivity contribution >= 4 is 5.97 Å². The van der Waals surface area contributed by atoms with Crippen LogP contribution in [-0.2, 0) is 4.79 Å². The Morgan fingerprint density at radius 3 is 2.67 bits per heavy atom. The Morgan fingerprint density at radius 2 is 2.13 bits per heavy atom. The summed E-state index contributed by atoms with van der Waals surface area (Å²) in [5.74, 6) is -1.90. The molecular weight excluding hydrogens is 205 g/mol. The number of nitrogens with zero attached hydrogens (tertiary/aromatic N) is 1. The van der Waals surface area contributed by atoms with Gasteiger partial charge in [0.2, 0.25) is 0 Å². The van der Waals surface area contributed by atoms with Crippen molar-refractivity contribution in [3.8, 4) is 0 Å². The Hall–Kier alpha value is -1.53. The Balaban J connectivity index is 2.75. The molecule has 1 rings (SSSR count). The van der Waals surface area contributed by atoms with Gasteiger partial charge in [0, 0.05) is 11.8 Å². The van der Waals surface area contributed by atoms with Crippen LogP contribution in [0.3, 0.4) is 0 Å². The van der Waals surface area contributed by atoms with Crippen LogP contribution in [0, 0.1) is 5.82 Å². The first-order valence-corrected chi connectivity index (χ1v) is 4.19. The fourth-order valence-corrected chi connectivity index (χ4v) is 1.10. The fraction of sp³-hybridized carbons (Fsp3) is 0.333. The minimum Gasteiger partial charge on any atom is -0.481 e. The molecule has 0 fully saturated rings. The third kappa shape index (κ3) is 3.26. The van der Waals surface area contributed by atoms with Gasteiger partial charge in [0.25, 0.3) is 0 Å². The highest BCUT2D eigenvalue weighted by Crippen LogP contribution is 2.18. The molecule has 1 aromatic rings. The van der Waals surface area contributed by atoms with Crippen molar-refractivity contribution in [2.24, 2.45) is 0 Å². The van der Waals surface area contributed by atoms with Crippen LogP contribution in [0.25, 0.3) is 0 Å². The van der Waals surface area contributed by atoms with Crippen LogP contribution >= 0.6 is 0 Å². The van der Waals surface area contributed by atoms with Crippen molar-refractivity contribution in [2.45, 2.75) is 18.6 Å². The molecule has 0 saturated heterocycles. The van der Waals surface area contributed by atoms with Gasteiger partial charge < -0.3 is 15.3 Å². The van der Waals surface area contributed by atoms with Gasteiger partial charge >= 0.3 is 5.97 Å². The van der Waals surface area contributed by atoms with E-state index >= 15 is 0 Å². The second-order valence-corrected chi connectivity index (χ2v) is 3.05. The second kappa shape index (κ2) is 4.81. The van der Waals surface area contributed by atoms with Crippen molar-refractivity contribution in [1.29, 1.82) is 0 Å². The molecule has 6 heteroatoms. The number of hydrogen-bond donors (Lipinski definition) is 3. The van der Waals surface area contributed by atoms with Crippen molar-refractivity contribution in [3.05, 3.63) is 29.8 Å². The smallest absolute Gasteiger partial charge is 0.306 e. The molecule has 0 aliphatic carbocycles. The van der Waals surface area contributed by atoms with Crippen LogP contribution in [-0.4, -0.2) is 32.4 Å². The minimum atomic E-state index is -1.48. The zero-order chi connectivity index (χ0) is 11.4. The molecule has 0 aliphatic heterocycles. The van der Waals surface area contributed by atoms with Gasteiger partial charge in [-0.2, -0.15) is 0 Å². The van der Waals surface area contributed by atoms with Gasteiger partial charge in [0.15, 0.2) is 0 Å².